The van der Waals surface area contributed by atoms with Gasteiger partial charge in [0.05, 0.1) is 37.6 Å². The summed E-state index contributed by atoms with van der Waals surface area (Å²) in [7, 11) is 0. The van der Waals surface area contributed by atoms with Crippen LogP contribution in [-0.2, 0) is 18.9 Å². The van der Waals surface area contributed by atoms with Crippen LogP contribution in [-0.4, -0.2) is 43.8 Å². The molecular formula is C37H70O5. The van der Waals surface area contributed by atoms with E-state index in [1.165, 1.54) is 154 Å². The Morgan fingerprint density at radius 2 is 0.667 bits per heavy atom. The highest BCUT2D eigenvalue weighted by molar-refractivity contribution is 5.59. The van der Waals surface area contributed by atoms with Crippen molar-refractivity contribution in [3.63, 3.8) is 0 Å². The third kappa shape index (κ3) is 21.8. The standard InChI is InChI=1S/C37H70O5/c1-3-5-7-9-15-21-27-33-35(41-33)29-23-17-11-13-19-25-31-39-37(38)40-32-26-20-14-12-18-24-30-36-34(42-36)28-22-16-10-8-6-4-2/h33-36H,3-32H2,1-2H3. The Kier molecular flexibility index (Phi) is 23.7. The van der Waals surface area contributed by atoms with E-state index in [9.17, 15) is 4.79 Å². The normalized spacial score (nSPS) is 21.0. The van der Waals surface area contributed by atoms with Crippen LogP contribution in [0.1, 0.15) is 194 Å². The van der Waals surface area contributed by atoms with Gasteiger partial charge in [-0.25, -0.2) is 4.79 Å². The molecule has 0 aromatic rings. The molecule has 5 heteroatoms. The number of hydrogen-bond donors (Lipinski definition) is 0. The molecule has 0 aliphatic carbocycles. The number of unbranched alkanes of at least 4 members (excludes halogenated alkanes) is 20. The van der Waals surface area contributed by atoms with E-state index in [4.69, 9.17) is 18.9 Å². The molecule has 4 unspecified atom stereocenters. The Morgan fingerprint density at radius 1 is 0.405 bits per heavy atom. The predicted molar refractivity (Wildman–Crippen MR) is 175 cm³/mol. The van der Waals surface area contributed by atoms with Crippen molar-refractivity contribution in [3.8, 4) is 0 Å². The van der Waals surface area contributed by atoms with Crippen molar-refractivity contribution in [1.82, 2.24) is 0 Å². The van der Waals surface area contributed by atoms with Crippen molar-refractivity contribution in [2.75, 3.05) is 13.2 Å². The second-order valence-corrected chi connectivity index (χ2v) is 13.3. The van der Waals surface area contributed by atoms with Crippen LogP contribution in [0.4, 0.5) is 4.79 Å². The Hall–Kier alpha value is -0.810. The topological polar surface area (TPSA) is 60.6 Å². The first-order chi connectivity index (χ1) is 20.7. The van der Waals surface area contributed by atoms with Gasteiger partial charge in [-0.1, -0.05) is 155 Å². The van der Waals surface area contributed by atoms with E-state index >= 15 is 0 Å². The van der Waals surface area contributed by atoms with Gasteiger partial charge in [-0.2, -0.15) is 0 Å². The molecule has 2 heterocycles. The van der Waals surface area contributed by atoms with Crippen LogP contribution in [0.5, 0.6) is 0 Å². The minimum absolute atomic E-state index is 0.486. The van der Waals surface area contributed by atoms with E-state index < -0.39 is 6.16 Å². The zero-order chi connectivity index (χ0) is 29.9. The number of rotatable bonds is 32. The van der Waals surface area contributed by atoms with E-state index in [1.807, 2.05) is 0 Å². The van der Waals surface area contributed by atoms with E-state index in [-0.39, 0.29) is 0 Å². The second-order valence-electron chi connectivity index (χ2n) is 13.3. The van der Waals surface area contributed by atoms with Crippen LogP contribution < -0.4 is 0 Å². The van der Waals surface area contributed by atoms with Gasteiger partial charge in [-0.3, -0.25) is 0 Å². The van der Waals surface area contributed by atoms with Crippen molar-refractivity contribution in [2.24, 2.45) is 0 Å². The highest BCUT2D eigenvalue weighted by Gasteiger charge is 2.37. The lowest BCUT2D eigenvalue weighted by molar-refractivity contribution is 0.0529. The number of carbonyl (C=O) groups is 1. The fourth-order valence-corrected chi connectivity index (χ4v) is 6.29. The Balaban J connectivity index is 1.20. The lowest BCUT2D eigenvalue weighted by atomic mass is 10.0. The molecule has 2 rings (SSSR count). The fraction of sp³-hybridized carbons (Fsp3) is 0.973. The van der Waals surface area contributed by atoms with Gasteiger partial charge in [-0.05, 0) is 38.5 Å². The molecule has 0 N–H and O–H groups in total. The maximum atomic E-state index is 11.8. The highest BCUT2D eigenvalue weighted by atomic mass is 16.7. The Morgan fingerprint density at radius 3 is 0.976 bits per heavy atom. The van der Waals surface area contributed by atoms with Gasteiger partial charge in [0, 0.05) is 0 Å². The largest absolute Gasteiger partial charge is 0.508 e. The SMILES string of the molecule is CCCCCCCCC1OC1CCCCCCCCOC(=O)OCCCCCCCCC1OC1CCCCCCCC. The first-order valence-electron chi connectivity index (χ1n) is 18.8. The zero-order valence-electron chi connectivity index (χ0n) is 28.1. The maximum Gasteiger partial charge on any atom is 0.508 e. The third-order valence-electron chi connectivity index (χ3n) is 9.27. The van der Waals surface area contributed by atoms with Crippen LogP contribution in [0.15, 0.2) is 0 Å². The van der Waals surface area contributed by atoms with Gasteiger partial charge in [0.2, 0.25) is 0 Å². The summed E-state index contributed by atoms with van der Waals surface area (Å²) in [5, 5.41) is 0. The summed E-state index contributed by atoms with van der Waals surface area (Å²) in [6, 6.07) is 0. The van der Waals surface area contributed by atoms with Gasteiger partial charge < -0.3 is 18.9 Å². The molecule has 0 spiro atoms. The molecular weight excluding hydrogens is 524 g/mol. The van der Waals surface area contributed by atoms with Gasteiger partial charge in [0.1, 0.15) is 0 Å². The molecule has 2 fully saturated rings. The number of ether oxygens (including phenoxy) is 4. The van der Waals surface area contributed by atoms with Gasteiger partial charge in [-0.15, -0.1) is 0 Å². The fourth-order valence-electron chi connectivity index (χ4n) is 6.29. The van der Waals surface area contributed by atoms with Crippen molar-refractivity contribution in [1.29, 1.82) is 0 Å². The summed E-state index contributed by atoms with van der Waals surface area (Å²) in [4.78, 5) is 11.8. The van der Waals surface area contributed by atoms with Crippen molar-refractivity contribution in [3.05, 3.63) is 0 Å². The summed E-state index contributed by atoms with van der Waals surface area (Å²) >= 11 is 0. The summed E-state index contributed by atoms with van der Waals surface area (Å²) < 4.78 is 22.2. The summed E-state index contributed by atoms with van der Waals surface area (Å²) in [6.07, 6.45) is 37.5. The maximum absolute atomic E-state index is 11.8. The number of epoxide rings is 2. The van der Waals surface area contributed by atoms with Gasteiger partial charge in [0.25, 0.3) is 0 Å². The minimum Gasteiger partial charge on any atom is -0.434 e. The molecule has 0 bridgehead atoms. The monoisotopic (exact) mass is 595 g/mol. The Labute approximate surface area is 260 Å². The molecule has 0 saturated carbocycles. The van der Waals surface area contributed by atoms with E-state index in [0.29, 0.717) is 37.6 Å². The zero-order valence-corrected chi connectivity index (χ0v) is 28.1. The predicted octanol–water partition coefficient (Wildman–Crippen LogP) is 11.6. The Bertz CT molecular complexity index is 561. The van der Waals surface area contributed by atoms with E-state index in [1.54, 1.807) is 0 Å². The molecule has 2 saturated heterocycles. The number of carbonyl (C=O) groups excluding carboxylic acids is 1. The molecule has 5 nitrogen and oxygen atoms in total. The molecule has 0 aromatic carbocycles. The van der Waals surface area contributed by atoms with Crippen molar-refractivity contribution >= 4 is 6.16 Å². The molecule has 0 amide bonds. The minimum atomic E-state index is -0.491. The van der Waals surface area contributed by atoms with Crippen LogP contribution in [0.2, 0.25) is 0 Å². The molecule has 248 valence electrons. The average Bonchev–Trinajstić information content (AvgIpc) is 3.92. The summed E-state index contributed by atoms with van der Waals surface area (Å²) in [5.74, 6) is 0. The third-order valence-corrected chi connectivity index (χ3v) is 9.27. The van der Waals surface area contributed by atoms with Crippen LogP contribution in [0, 0.1) is 0 Å². The summed E-state index contributed by atoms with van der Waals surface area (Å²) in [5.41, 5.74) is 0. The molecule has 42 heavy (non-hydrogen) atoms. The van der Waals surface area contributed by atoms with Gasteiger partial charge in [0.15, 0.2) is 0 Å². The molecule has 2 aliphatic heterocycles. The smallest absolute Gasteiger partial charge is 0.434 e. The van der Waals surface area contributed by atoms with Crippen LogP contribution in [0.25, 0.3) is 0 Å². The number of hydrogen-bond acceptors (Lipinski definition) is 5. The van der Waals surface area contributed by atoms with Crippen molar-refractivity contribution in [2.45, 2.75) is 218 Å². The molecule has 0 radical (unpaired) electrons. The highest BCUT2D eigenvalue weighted by Crippen LogP contribution is 2.33. The molecule has 2 aliphatic rings. The average molecular weight is 595 g/mol. The quantitative estimate of drug-likeness (QED) is 0.0440. The molecule has 0 aromatic heterocycles. The lowest BCUT2D eigenvalue weighted by Gasteiger charge is -2.06. The van der Waals surface area contributed by atoms with E-state index in [2.05, 4.69) is 13.8 Å². The molecule has 4 atom stereocenters. The second kappa shape index (κ2) is 26.6. The van der Waals surface area contributed by atoms with Crippen molar-refractivity contribution < 1.29 is 23.7 Å². The first-order valence-corrected chi connectivity index (χ1v) is 18.8. The first kappa shape index (κ1) is 37.4. The van der Waals surface area contributed by atoms with Crippen LogP contribution >= 0.6 is 0 Å². The van der Waals surface area contributed by atoms with Gasteiger partial charge >= 0.3 is 6.16 Å². The van der Waals surface area contributed by atoms with Crippen LogP contribution in [0.3, 0.4) is 0 Å². The van der Waals surface area contributed by atoms with E-state index in [0.717, 1.165) is 25.7 Å². The lowest BCUT2D eigenvalue weighted by Crippen LogP contribution is -2.09. The summed E-state index contributed by atoms with van der Waals surface area (Å²) in [6.45, 7) is 5.52.